The predicted molar refractivity (Wildman–Crippen MR) is 153 cm³/mol. The number of fused-ring (bicyclic) bond motifs is 2. The molecule has 218 valence electrons. The summed E-state index contributed by atoms with van der Waals surface area (Å²) in [6, 6.07) is 12.8. The quantitative estimate of drug-likeness (QED) is 0.423. The molecule has 1 amide bonds. The van der Waals surface area contributed by atoms with Gasteiger partial charge >= 0.3 is 0 Å². The van der Waals surface area contributed by atoms with Crippen molar-refractivity contribution in [2.75, 3.05) is 46.6 Å². The van der Waals surface area contributed by atoms with Gasteiger partial charge in [-0.15, -0.1) is 0 Å². The molecular formula is C30H36N4O6S. The molecule has 3 aromatic rings. The number of rotatable bonds is 7. The van der Waals surface area contributed by atoms with Crippen LogP contribution in [0.3, 0.4) is 0 Å². The number of carbonyl (C=O) groups excluding carboxylic acids is 1. The number of aryl methyl sites for hydroxylation is 2. The average molecular weight is 581 g/mol. The van der Waals surface area contributed by atoms with Gasteiger partial charge in [0.15, 0.2) is 11.5 Å². The molecule has 4 heterocycles. The third kappa shape index (κ3) is 5.29. The Labute approximate surface area is 241 Å². The maximum atomic E-state index is 14.1. The van der Waals surface area contributed by atoms with E-state index in [1.807, 2.05) is 41.4 Å². The number of methoxy groups -OCH3 is 1. The molecule has 2 aromatic carbocycles. The second-order valence-corrected chi connectivity index (χ2v) is 12.7. The Kier molecular flexibility index (Phi) is 7.43. The van der Waals surface area contributed by atoms with Gasteiger partial charge < -0.3 is 23.7 Å². The van der Waals surface area contributed by atoms with Gasteiger partial charge in [0.25, 0.3) is 0 Å². The van der Waals surface area contributed by atoms with E-state index in [0.717, 1.165) is 42.4 Å². The van der Waals surface area contributed by atoms with Crippen LogP contribution in [-0.2, 0) is 27.9 Å². The van der Waals surface area contributed by atoms with Crippen LogP contribution in [-0.4, -0.2) is 79.6 Å². The summed E-state index contributed by atoms with van der Waals surface area (Å²) in [5.41, 5.74) is 3.25. The monoisotopic (exact) mass is 580 g/mol. The van der Waals surface area contributed by atoms with Crippen molar-refractivity contribution in [1.82, 2.24) is 18.7 Å². The molecule has 6 rings (SSSR count). The highest BCUT2D eigenvalue weighted by molar-refractivity contribution is 7.89. The molecule has 41 heavy (non-hydrogen) atoms. The van der Waals surface area contributed by atoms with Gasteiger partial charge in [0.05, 0.1) is 18.0 Å². The molecular weight excluding hydrogens is 544 g/mol. The lowest BCUT2D eigenvalue weighted by molar-refractivity contribution is -0.134. The normalized spacial score (nSPS) is 19.3. The van der Waals surface area contributed by atoms with E-state index >= 15 is 0 Å². The number of piperazine rings is 1. The highest BCUT2D eigenvalue weighted by Gasteiger charge is 2.40. The summed E-state index contributed by atoms with van der Waals surface area (Å²) in [4.78, 5) is 18.1. The molecule has 0 aliphatic carbocycles. The molecule has 0 N–H and O–H groups in total. The first kappa shape index (κ1) is 27.6. The fourth-order valence-corrected chi connectivity index (χ4v) is 8.24. The van der Waals surface area contributed by atoms with Gasteiger partial charge in [0.1, 0.15) is 5.75 Å². The van der Waals surface area contributed by atoms with Crippen molar-refractivity contribution in [3.8, 4) is 17.2 Å². The molecule has 0 bridgehead atoms. The maximum Gasteiger partial charge on any atom is 0.244 e. The van der Waals surface area contributed by atoms with Gasteiger partial charge in [0.2, 0.25) is 22.7 Å². The minimum Gasteiger partial charge on any atom is -0.497 e. The first-order valence-electron chi connectivity index (χ1n) is 14.0. The SMILES string of the molecule is COc1cc(C)c(S(=O)(=O)N2CCn3cccc3C2CC(=O)N2CCN(Cc3ccc4c(c3)OCO4)CC2)c(C)c1. The number of sulfonamides is 1. The summed E-state index contributed by atoms with van der Waals surface area (Å²) >= 11 is 0. The number of amides is 1. The highest BCUT2D eigenvalue weighted by Crippen LogP contribution is 2.37. The minimum atomic E-state index is -3.88. The Morgan fingerprint density at radius 2 is 1.68 bits per heavy atom. The lowest BCUT2D eigenvalue weighted by Gasteiger charge is -2.39. The number of hydrogen-bond donors (Lipinski definition) is 0. The van der Waals surface area contributed by atoms with Gasteiger partial charge in [-0.05, 0) is 66.9 Å². The number of aromatic nitrogens is 1. The van der Waals surface area contributed by atoms with Crippen molar-refractivity contribution >= 4 is 15.9 Å². The van der Waals surface area contributed by atoms with Crippen LogP contribution in [0.5, 0.6) is 17.2 Å². The van der Waals surface area contributed by atoms with Gasteiger partial charge in [0, 0.05) is 64.1 Å². The molecule has 3 aliphatic heterocycles. The standard InChI is InChI=1S/C30H36N4O6S/c1-21-15-24(38-3)16-22(2)30(21)41(36,37)34-14-13-32-8-4-5-25(32)26(34)18-29(35)33-11-9-31(10-12-33)19-23-6-7-27-28(17-23)40-20-39-27/h4-8,15-17,26H,9-14,18-20H2,1-3H3. The lowest BCUT2D eigenvalue weighted by Crippen LogP contribution is -2.50. The van der Waals surface area contributed by atoms with Crippen LogP contribution in [0, 0.1) is 13.8 Å². The third-order valence-electron chi connectivity index (χ3n) is 8.29. The summed E-state index contributed by atoms with van der Waals surface area (Å²) in [6.07, 6.45) is 2.05. The average Bonchev–Trinajstić information content (AvgIpc) is 3.62. The van der Waals surface area contributed by atoms with Crippen molar-refractivity contribution < 1.29 is 27.4 Å². The second kappa shape index (κ2) is 11.0. The zero-order valence-corrected chi connectivity index (χ0v) is 24.5. The molecule has 1 saturated heterocycles. The molecule has 10 nitrogen and oxygen atoms in total. The smallest absolute Gasteiger partial charge is 0.244 e. The van der Waals surface area contributed by atoms with Gasteiger partial charge in [-0.25, -0.2) is 8.42 Å². The molecule has 3 aliphatic rings. The topological polar surface area (TPSA) is 93.6 Å². The van der Waals surface area contributed by atoms with E-state index < -0.39 is 16.1 Å². The van der Waals surface area contributed by atoms with Crippen LogP contribution in [0.1, 0.15) is 34.8 Å². The molecule has 1 unspecified atom stereocenters. The zero-order valence-electron chi connectivity index (χ0n) is 23.7. The van der Waals surface area contributed by atoms with E-state index in [1.165, 1.54) is 4.31 Å². The van der Waals surface area contributed by atoms with E-state index in [4.69, 9.17) is 14.2 Å². The van der Waals surface area contributed by atoms with Gasteiger partial charge in [-0.1, -0.05) is 6.07 Å². The molecule has 1 fully saturated rings. The molecule has 0 spiro atoms. The number of carbonyl (C=O) groups is 1. The summed E-state index contributed by atoms with van der Waals surface area (Å²) in [7, 11) is -2.31. The number of hydrogen-bond acceptors (Lipinski definition) is 7. The molecule has 11 heteroatoms. The van der Waals surface area contributed by atoms with Crippen LogP contribution in [0.15, 0.2) is 53.6 Å². The predicted octanol–water partition coefficient (Wildman–Crippen LogP) is 3.32. The van der Waals surface area contributed by atoms with E-state index in [9.17, 15) is 13.2 Å². The second-order valence-electron chi connectivity index (χ2n) is 10.9. The van der Waals surface area contributed by atoms with Crippen LogP contribution < -0.4 is 14.2 Å². The van der Waals surface area contributed by atoms with E-state index in [2.05, 4.69) is 9.47 Å². The Balaban J connectivity index is 1.17. The Hall–Kier alpha value is -3.54. The van der Waals surface area contributed by atoms with Crippen LogP contribution in [0.25, 0.3) is 0 Å². The lowest BCUT2D eigenvalue weighted by atomic mass is 10.1. The number of benzene rings is 2. The number of nitrogens with zero attached hydrogens (tertiary/aromatic N) is 4. The molecule has 0 saturated carbocycles. The van der Waals surface area contributed by atoms with E-state index in [-0.39, 0.29) is 24.0 Å². The molecule has 0 radical (unpaired) electrons. The maximum absolute atomic E-state index is 14.1. The Morgan fingerprint density at radius 1 is 0.951 bits per heavy atom. The van der Waals surface area contributed by atoms with Gasteiger partial charge in [-0.3, -0.25) is 9.69 Å². The fraction of sp³-hybridized carbons (Fsp3) is 0.433. The van der Waals surface area contributed by atoms with Crippen LogP contribution in [0.2, 0.25) is 0 Å². The number of ether oxygens (including phenoxy) is 3. The summed E-state index contributed by atoms with van der Waals surface area (Å²) in [6.45, 7) is 8.12. The van der Waals surface area contributed by atoms with Crippen molar-refractivity contribution in [3.63, 3.8) is 0 Å². The van der Waals surface area contributed by atoms with Crippen LogP contribution in [0.4, 0.5) is 0 Å². The van der Waals surface area contributed by atoms with Gasteiger partial charge in [-0.2, -0.15) is 4.31 Å². The Morgan fingerprint density at radius 3 is 2.41 bits per heavy atom. The minimum absolute atomic E-state index is 0.0317. The molecule has 1 aromatic heterocycles. The summed E-state index contributed by atoms with van der Waals surface area (Å²) in [5.74, 6) is 2.13. The molecule has 1 atom stereocenters. The Bertz CT molecular complexity index is 1540. The summed E-state index contributed by atoms with van der Waals surface area (Å²) < 4.78 is 48.1. The van der Waals surface area contributed by atoms with Crippen molar-refractivity contribution in [2.45, 2.75) is 44.3 Å². The van der Waals surface area contributed by atoms with Crippen molar-refractivity contribution in [1.29, 1.82) is 0 Å². The summed E-state index contributed by atoms with van der Waals surface area (Å²) in [5, 5.41) is 0. The first-order valence-corrected chi connectivity index (χ1v) is 15.4. The van der Waals surface area contributed by atoms with Crippen LogP contribution >= 0.6 is 0 Å². The highest BCUT2D eigenvalue weighted by atomic mass is 32.2. The third-order valence-corrected chi connectivity index (χ3v) is 10.5. The van der Waals surface area contributed by atoms with E-state index in [1.54, 1.807) is 33.1 Å². The van der Waals surface area contributed by atoms with Crippen molar-refractivity contribution in [2.24, 2.45) is 0 Å². The first-order chi connectivity index (χ1) is 19.7. The van der Waals surface area contributed by atoms with E-state index in [0.29, 0.717) is 43.1 Å². The zero-order chi connectivity index (χ0) is 28.7. The largest absolute Gasteiger partial charge is 0.497 e. The fourth-order valence-electron chi connectivity index (χ4n) is 6.24. The van der Waals surface area contributed by atoms with Crippen molar-refractivity contribution in [3.05, 3.63) is 71.0 Å².